The average Bonchev–Trinajstić information content (AvgIpc) is 3.29. The number of hydrogen-bond donors (Lipinski definition) is 2. The third-order valence-electron chi connectivity index (χ3n) is 6.27. The molecule has 1 aromatic heterocycles. The normalized spacial score (nSPS) is 17.8. The number of nitrogens with one attached hydrogen (secondary N) is 2. The quantitative estimate of drug-likeness (QED) is 0.730. The fourth-order valence-electron chi connectivity index (χ4n) is 4.35. The maximum absolute atomic E-state index is 14.4. The fraction of sp³-hybridized carbons (Fsp3) is 0.417. The number of carbonyl (C=O) groups is 1. The van der Waals surface area contributed by atoms with Crippen LogP contribution in [0, 0.1) is 12.7 Å². The molecule has 174 valence electrons. The van der Waals surface area contributed by atoms with Crippen LogP contribution in [0.4, 0.5) is 15.0 Å². The van der Waals surface area contributed by atoms with Crippen LogP contribution in [0.2, 0.25) is 0 Å². The predicted octanol–water partition coefficient (Wildman–Crippen LogP) is 3.15. The molecular weight excluding hydrogens is 421 g/mol. The van der Waals surface area contributed by atoms with Gasteiger partial charge < -0.3 is 20.4 Å². The molecule has 0 saturated carbocycles. The molecule has 8 nitrogen and oxygen atoms in total. The lowest BCUT2D eigenvalue weighted by atomic mass is 9.94. The lowest BCUT2D eigenvalue weighted by Crippen LogP contribution is -2.52. The molecule has 3 heterocycles. The van der Waals surface area contributed by atoms with Crippen molar-refractivity contribution in [2.75, 3.05) is 39.0 Å². The highest BCUT2D eigenvalue weighted by molar-refractivity contribution is 6.11. The maximum Gasteiger partial charge on any atom is 0.318 e. The summed E-state index contributed by atoms with van der Waals surface area (Å²) in [5, 5.41) is 6.22. The second-order valence-electron chi connectivity index (χ2n) is 9.19. The van der Waals surface area contributed by atoms with E-state index in [1.165, 1.54) is 6.33 Å². The molecule has 0 unspecified atom stereocenters. The van der Waals surface area contributed by atoms with E-state index in [4.69, 9.17) is 0 Å². The van der Waals surface area contributed by atoms with Crippen LogP contribution in [-0.4, -0.2) is 70.9 Å². The molecule has 0 saturated heterocycles. The number of hydrogen-bond acceptors (Lipinski definition) is 6. The summed E-state index contributed by atoms with van der Waals surface area (Å²) in [4.78, 5) is 29.8. The third kappa shape index (κ3) is 4.45. The van der Waals surface area contributed by atoms with Crippen molar-refractivity contribution in [3.05, 3.63) is 64.9 Å². The van der Waals surface area contributed by atoms with Gasteiger partial charge in [-0.15, -0.1) is 0 Å². The number of aryl methyl sites for hydroxylation is 1. The summed E-state index contributed by atoms with van der Waals surface area (Å²) < 4.78 is 14.4. The SMILES string of the molecule is Cc1ncnc(NC2=NCC3=C2CN(C(=O)N[C@H](CN(C)C)c2ccccc2)C3(C)C)c1F. The van der Waals surface area contributed by atoms with Gasteiger partial charge in [0.2, 0.25) is 0 Å². The average molecular weight is 452 g/mol. The van der Waals surface area contributed by atoms with E-state index < -0.39 is 11.4 Å². The first-order chi connectivity index (χ1) is 15.7. The second kappa shape index (κ2) is 8.90. The van der Waals surface area contributed by atoms with Crippen LogP contribution in [0.3, 0.4) is 0 Å². The number of nitrogens with zero attached hydrogens (tertiary/aromatic N) is 5. The Hall–Kier alpha value is -3.33. The van der Waals surface area contributed by atoms with Crippen LogP contribution in [0.15, 0.2) is 52.8 Å². The standard InChI is InChI=1S/C24H30FN7O/c1-15-20(25)22(28-14-27-15)30-21-17-12-32(24(2,3)18(17)11-26-21)23(33)29-19(13-31(4)5)16-9-7-6-8-10-16/h6-10,14,19H,11-13H2,1-5H3,(H,29,33)(H,26,27,28,30)/t19-/m1/s1. The zero-order valence-corrected chi connectivity index (χ0v) is 19.7. The lowest BCUT2D eigenvalue weighted by Gasteiger charge is -2.36. The molecular formula is C24H30FN7O. The zero-order valence-electron chi connectivity index (χ0n) is 19.7. The number of halogens is 1. The Bertz CT molecular complexity index is 1110. The molecule has 0 bridgehead atoms. The molecule has 1 aromatic carbocycles. The first kappa shape index (κ1) is 22.8. The van der Waals surface area contributed by atoms with E-state index in [0.29, 0.717) is 25.5 Å². The number of amidine groups is 1. The van der Waals surface area contributed by atoms with Crippen molar-refractivity contribution < 1.29 is 9.18 Å². The number of anilines is 1. The van der Waals surface area contributed by atoms with Gasteiger partial charge in [0.1, 0.15) is 12.2 Å². The molecule has 2 N–H and O–H groups in total. The van der Waals surface area contributed by atoms with Gasteiger partial charge in [-0.3, -0.25) is 4.99 Å². The van der Waals surface area contributed by atoms with Gasteiger partial charge in [0, 0.05) is 12.1 Å². The minimum atomic E-state index is -0.522. The Morgan fingerprint density at radius 2 is 1.97 bits per heavy atom. The van der Waals surface area contributed by atoms with Crippen molar-refractivity contribution in [3.8, 4) is 0 Å². The Kier molecular flexibility index (Phi) is 6.16. The van der Waals surface area contributed by atoms with Gasteiger partial charge in [-0.2, -0.15) is 0 Å². The van der Waals surface area contributed by atoms with Crippen molar-refractivity contribution in [1.29, 1.82) is 0 Å². The monoisotopic (exact) mass is 451 g/mol. The number of urea groups is 1. The van der Waals surface area contributed by atoms with E-state index in [-0.39, 0.29) is 23.6 Å². The van der Waals surface area contributed by atoms with Crippen molar-refractivity contribution in [2.24, 2.45) is 4.99 Å². The number of aromatic nitrogens is 2. The predicted molar refractivity (Wildman–Crippen MR) is 127 cm³/mol. The number of rotatable bonds is 5. The molecule has 4 rings (SSSR count). The number of benzene rings is 1. The highest BCUT2D eigenvalue weighted by atomic mass is 19.1. The summed E-state index contributed by atoms with van der Waals surface area (Å²) in [5.41, 5.74) is 2.76. The van der Waals surface area contributed by atoms with Gasteiger partial charge in [0.15, 0.2) is 11.6 Å². The minimum Gasteiger partial charge on any atom is -0.330 e. The lowest BCUT2D eigenvalue weighted by molar-refractivity contribution is 0.165. The Morgan fingerprint density at radius 1 is 1.24 bits per heavy atom. The molecule has 2 aromatic rings. The van der Waals surface area contributed by atoms with E-state index in [9.17, 15) is 9.18 Å². The van der Waals surface area contributed by atoms with Crippen LogP contribution in [0.5, 0.6) is 0 Å². The number of amides is 2. The van der Waals surface area contributed by atoms with Crippen molar-refractivity contribution in [3.63, 3.8) is 0 Å². The van der Waals surface area contributed by atoms with E-state index >= 15 is 0 Å². The van der Waals surface area contributed by atoms with Gasteiger partial charge in [-0.05, 0) is 46.0 Å². The summed E-state index contributed by atoms with van der Waals surface area (Å²) in [7, 11) is 3.97. The molecule has 9 heteroatoms. The zero-order chi connectivity index (χ0) is 23.8. The summed E-state index contributed by atoms with van der Waals surface area (Å²) in [5.74, 6) is 0.139. The maximum atomic E-state index is 14.4. The highest BCUT2D eigenvalue weighted by Crippen LogP contribution is 2.38. The van der Waals surface area contributed by atoms with Crippen LogP contribution >= 0.6 is 0 Å². The molecule has 2 amide bonds. The smallest absolute Gasteiger partial charge is 0.318 e. The molecule has 2 aliphatic rings. The fourth-order valence-corrected chi connectivity index (χ4v) is 4.35. The summed E-state index contributed by atoms with van der Waals surface area (Å²) >= 11 is 0. The molecule has 0 radical (unpaired) electrons. The number of carbonyl (C=O) groups excluding carboxylic acids is 1. The van der Waals surface area contributed by atoms with Gasteiger partial charge in [0.05, 0.1) is 30.4 Å². The summed E-state index contributed by atoms with van der Waals surface area (Å²) in [6.07, 6.45) is 1.32. The van der Waals surface area contributed by atoms with Gasteiger partial charge in [-0.25, -0.2) is 19.2 Å². The first-order valence-corrected chi connectivity index (χ1v) is 11.0. The van der Waals surface area contributed by atoms with Gasteiger partial charge in [-0.1, -0.05) is 30.3 Å². The van der Waals surface area contributed by atoms with Gasteiger partial charge >= 0.3 is 6.03 Å². The molecule has 0 aliphatic carbocycles. The molecule has 2 aliphatic heterocycles. The molecule has 1 atom stereocenters. The van der Waals surface area contributed by atoms with Crippen LogP contribution in [-0.2, 0) is 0 Å². The van der Waals surface area contributed by atoms with E-state index in [2.05, 4.69) is 30.5 Å². The third-order valence-corrected chi connectivity index (χ3v) is 6.27. The van der Waals surface area contributed by atoms with E-state index in [1.54, 1.807) is 6.92 Å². The first-order valence-electron chi connectivity index (χ1n) is 11.0. The van der Waals surface area contributed by atoms with E-state index in [0.717, 1.165) is 16.7 Å². The Labute approximate surface area is 193 Å². The topological polar surface area (TPSA) is 85.8 Å². The van der Waals surface area contributed by atoms with Crippen molar-refractivity contribution >= 4 is 17.7 Å². The van der Waals surface area contributed by atoms with Crippen LogP contribution in [0.25, 0.3) is 0 Å². The Balaban J connectivity index is 1.52. The minimum absolute atomic E-state index is 0.0887. The van der Waals surface area contributed by atoms with Gasteiger partial charge in [0.25, 0.3) is 0 Å². The molecule has 0 spiro atoms. The van der Waals surface area contributed by atoms with Crippen LogP contribution in [0.1, 0.15) is 31.1 Å². The molecule has 0 fully saturated rings. The summed E-state index contributed by atoms with van der Waals surface area (Å²) in [6, 6.07) is 9.66. The number of likely N-dealkylation sites (N-methyl/N-ethyl adjacent to an activating group) is 1. The molecule has 33 heavy (non-hydrogen) atoms. The Morgan fingerprint density at radius 3 is 2.67 bits per heavy atom. The highest BCUT2D eigenvalue weighted by Gasteiger charge is 2.45. The van der Waals surface area contributed by atoms with Crippen molar-refractivity contribution in [1.82, 2.24) is 25.1 Å². The van der Waals surface area contributed by atoms with Crippen LogP contribution < -0.4 is 10.6 Å². The van der Waals surface area contributed by atoms with E-state index in [1.807, 2.05) is 63.2 Å². The van der Waals surface area contributed by atoms with Crippen molar-refractivity contribution in [2.45, 2.75) is 32.4 Å². The largest absolute Gasteiger partial charge is 0.330 e. The second-order valence-corrected chi connectivity index (χ2v) is 9.19. The summed E-state index contributed by atoms with van der Waals surface area (Å²) in [6.45, 7) is 7.15. The number of aliphatic imine (C=N–C) groups is 1.